The van der Waals surface area contributed by atoms with Gasteiger partial charge in [-0.2, -0.15) is 0 Å². The maximum absolute atomic E-state index is 12.4. The first-order valence-electron chi connectivity index (χ1n) is 8.66. The molecule has 0 aromatic heterocycles. The monoisotopic (exact) mass is 387 g/mol. The van der Waals surface area contributed by atoms with Gasteiger partial charge >= 0.3 is 18.2 Å². The van der Waals surface area contributed by atoms with Crippen molar-refractivity contribution in [1.29, 1.82) is 0 Å². The molecule has 0 aromatic rings. The molecule has 0 bridgehead atoms. The number of esters is 1. The molecule has 0 radical (unpaired) electrons. The van der Waals surface area contributed by atoms with Gasteiger partial charge in [0.2, 0.25) is 5.91 Å². The van der Waals surface area contributed by atoms with Crippen LogP contribution < -0.4 is 11.1 Å². The molecular weight excluding hydrogens is 358 g/mol. The summed E-state index contributed by atoms with van der Waals surface area (Å²) in [6, 6.07) is -1.54. The Labute approximate surface area is 158 Å². The summed E-state index contributed by atoms with van der Waals surface area (Å²) in [6.07, 6.45) is -1.89. The Morgan fingerprint density at radius 3 is 2.07 bits per heavy atom. The number of ether oxygens (including phenoxy) is 3. The van der Waals surface area contributed by atoms with Crippen molar-refractivity contribution in [2.75, 3.05) is 13.1 Å². The Balaban J connectivity index is 2.76. The van der Waals surface area contributed by atoms with E-state index in [9.17, 15) is 19.2 Å². The number of amides is 2. The van der Waals surface area contributed by atoms with E-state index < -0.39 is 47.4 Å². The van der Waals surface area contributed by atoms with Crippen LogP contribution in [-0.4, -0.2) is 65.4 Å². The summed E-state index contributed by atoms with van der Waals surface area (Å²) in [7, 11) is 0. The Bertz CT molecular complexity index is 592. The van der Waals surface area contributed by atoms with Gasteiger partial charge in [0.1, 0.15) is 17.2 Å². The predicted molar refractivity (Wildman–Crippen MR) is 94.7 cm³/mol. The zero-order valence-electron chi connectivity index (χ0n) is 16.7. The third-order valence-electron chi connectivity index (χ3n) is 3.36. The fourth-order valence-corrected chi connectivity index (χ4v) is 2.38. The minimum absolute atomic E-state index is 0.0621. The first kappa shape index (κ1) is 22.8. The average molecular weight is 387 g/mol. The number of imide groups is 1. The third-order valence-corrected chi connectivity index (χ3v) is 3.36. The highest BCUT2D eigenvalue weighted by molar-refractivity contribution is 5.94. The first-order valence-corrected chi connectivity index (χ1v) is 8.66. The molecule has 10 heteroatoms. The van der Waals surface area contributed by atoms with Crippen molar-refractivity contribution in [2.24, 2.45) is 5.73 Å². The van der Waals surface area contributed by atoms with E-state index in [2.05, 4.69) is 10.1 Å². The van der Waals surface area contributed by atoms with Crippen LogP contribution in [0.3, 0.4) is 0 Å². The van der Waals surface area contributed by atoms with Crippen molar-refractivity contribution in [3.05, 3.63) is 0 Å². The molecule has 1 rings (SSSR count). The van der Waals surface area contributed by atoms with Crippen LogP contribution in [0, 0.1) is 0 Å². The molecule has 1 saturated heterocycles. The highest BCUT2D eigenvalue weighted by Crippen LogP contribution is 2.19. The molecule has 0 aromatic carbocycles. The van der Waals surface area contributed by atoms with Crippen LogP contribution in [0.25, 0.3) is 0 Å². The highest BCUT2D eigenvalue weighted by Gasteiger charge is 2.40. The van der Waals surface area contributed by atoms with Gasteiger partial charge in [0.05, 0.1) is 12.6 Å². The molecule has 2 amide bonds. The summed E-state index contributed by atoms with van der Waals surface area (Å²) in [4.78, 5) is 49.1. The summed E-state index contributed by atoms with van der Waals surface area (Å²) in [6.45, 7) is 9.68. The van der Waals surface area contributed by atoms with E-state index in [0.29, 0.717) is 0 Å². The lowest BCUT2D eigenvalue weighted by molar-refractivity contribution is -0.144. The Kier molecular flexibility index (Phi) is 7.32. The quantitative estimate of drug-likeness (QED) is 0.535. The molecule has 1 fully saturated rings. The highest BCUT2D eigenvalue weighted by atomic mass is 16.7. The number of nitrogens with zero attached hydrogens (tertiary/aromatic N) is 1. The molecule has 27 heavy (non-hydrogen) atoms. The molecule has 2 atom stereocenters. The van der Waals surface area contributed by atoms with Crippen molar-refractivity contribution < 1.29 is 33.4 Å². The topological polar surface area (TPSA) is 137 Å². The normalized spacial score (nSPS) is 20.0. The Morgan fingerprint density at radius 2 is 1.59 bits per heavy atom. The van der Waals surface area contributed by atoms with Crippen molar-refractivity contribution in [3.63, 3.8) is 0 Å². The zero-order chi connectivity index (χ0) is 21.0. The lowest BCUT2D eigenvalue weighted by atomic mass is 10.1. The van der Waals surface area contributed by atoms with Crippen LogP contribution in [0.15, 0.2) is 0 Å². The molecular formula is C17H29N3O7. The van der Waals surface area contributed by atoms with Gasteiger partial charge in [-0.15, -0.1) is 0 Å². The van der Waals surface area contributed by atoms with Gasteiger partial charge in [-0.05, 0) is 48.0 Å². The standard InChI is InChI=1S/C17H29N3O7/c1-16(2,3)26-14(23)20(12(21)8-18)10-7-11(19-9-10)13(22)25-15(24)27-17(4,5)6/h10-11,19H,7-9,18H2,1-6H3/t10-,11+/m0/s1. The van der Waals surface area contributed by atoms with E-state index in [1.807, 2.05) is 0 Å². The van der Waals surface area contributed by atoms with Gasteiger partial charge in [0.15, 0.2) is 0 Å². The van der Waals surface area contributed by atoms with Crippen LogP contribution >= 0.6 is 0 Å². The smallest absolute Gasteiger partial charge is 0.443 e. The maximum atomic E-state index is 12.4. The number of hydrogen-bond donors (Lipinski definition) is 2. The molecule has 0 aliphatic carbocycles. The van der Waals surface area contributed by atoms with Gasteiger partial charge < -0.3 is 25.3 Å². The fraction of sp³-hybridized carbons (Fsp3) is 0.765. The zero-order valence-corrected chi connectivity index (χ0v) is 16.7. The van der Waals surface area contributed by atoms with Gasteiger partial charge in [0, 0.05) is 6.54 Å². The van der Waals surface area contributed by atoms with Crippen LogP contribution in [0.4, 0.5) is 9.59 Å². The summed E-state index contributed by atoms with van der Waals surface area (Å²) in [5.41, 5.74) is 3.79. The van der Waals surface area contributed by atoms with Gasteiger partial charge in [0.25, 0.3) is 0 Å². The van der Waals surface area contributed by atoms with Gasteiger partial charge in [-0.1, -0.05) is 0 Å². The molecule has 1 aliphatic rings. The SMILES string of the molecule is CC(C)(C)OC(=O)OC(=O)[C@H]1C[C@H](N(C(=O)CN)C(=O)OC(C)(C)C)CN1. The Morgan fingerprint density at radius 1 is 1.04 bits per heavy atom. The fourth-order valence-electron chi connectivity index (χ4n) is 2.38. The minimum Gasteiger partial charge on any atom is -0.443 e. The van der Waals surface area contributed by atoms with Crippen molar-refractivity contribution >= 4 is 24.1 Å². The van der Waals surface area contributed by atoms with Crippen LogP contribution in [0.2, 0.25) is 0 Å². The van der Waals surface area contributed by atoms with Crippen LogP contribution in [0.5, 0.6) is 0 Å². The molecule has 0 unspecified atom stereocenters. The molecule has 154 valence electrons. The molecule has 0 spiro atoms. The summed E-state index contributed by atoms with van der Waals surface area (Å²) < 4.78 is 14.8. The number of nitrogens with one attached hydrogen (secondary N) is 1. The van der Waals surface area contributed by atoms with E-state index in [0.717, 1.165) is 4.90 Å². The number of rotatable bonds is 3. The number of nitrogens with two attached hydrogens (primary N) is 1. The number of carbonyl (C=O) groups excluding carboxylic acids is 4. The number of carbonyl (C=O) groups is 4. The summed E-state index contributed by atoms with van der Waals surface area (Å²) in [5, 5.41) is 2.83. The largest absolute Gasteiger partial charge is 0.516 e. The molecule has 1 aliphatic heterocycles. The second-order valence-electron chi connectivity index (χ2n) is 8.18. The molecule has 3 N–H and O–H groups in total. The third kappa shape index (κ3) is 7.51. The lowest BCUT2D eigenvalue weighted by Crippen LogP contribution is -2.50. The van der Waals surface area contributed by atoms with Crippen LogP contribution in [-0.2, 0) is 23.8 Å². The first-order chi connectivity index (χ1) is 12.2. The summed E-state index contributed by atoms with van der Waals surface area (Å²) in [5.74, 6) is -1.48. The van der Waals surface area contributed by atoms with Gasteiger partial charge in [-0.25, -0.2) is 19.3 Å². The molecule has 0 saturated carbocycles. The second-order valence-corrected chi connectivity index (χ2v) is 8.18. The number of hydrogen-bond acceptors (Lipinski definition) is 9. The second kappa shape index (κ2) is 8.66. The maximum Gasteiger partial charge on any atom is 0.516 e. The van der Waals surface area contributed by atoms with Gasteiger partial charge in [-0.3, -0.25) is 4.79 Å². The van der Waals surface area contributed by atoms with E-state index >= 15 is 0 Å². The lowest BCUT2D eigenvalue weighted by Gasteiger charge is -2.29. The Hall–Kier alpha value is -2.20. The van der Waals surface area contributed by atoms with E-state index in [-0.39, 0.29) is 19.5 Å². The van der Waals surface area contributed by atoms with Crippen LogP contribution in [0.1, 0.15) is 48.0 Å². The van der Waals surface area contributed by atoms with Crippen molar-refractivity contribution in [1.82, 2.24) is 10.2 Å². The van der Waals surface area contributed by atoms with E-state index in [4.69, 9.17) is 15.2 Å². The average Bonchev–Trinajstić information content (AvgIpc) is 2.92. The van der Waals surface area contributed by atoms with Crippen molar-refractivity contribution in [3.8, 4) is 0 Å². The van der Waals surface area contributed by atoms with Crippen molar-refractivity contribution in [2.45, 2.75) is 71.2 Å². The van der Waals surface area contributed by atoms with E-state index in [1.54, 1.807) is 41.5 Å². The molecule has 1 heterocycles. The molecule has 10 nitrogen and oxygen atoms in total. The van der Waals surface area contributed by atoms with E-state index in [1.165, 1.54) is 0 Å². The minimum atomic E-state index is -1.11. The predicted octanol–water partition coefficient (Wildman–Crippen LogP) is 0.918. The summed E-state index contributed by atoms with van der Waals surface area (Å²) >= 11 is 0.